The van der Waals surface area contributed by atoms with Crippen LogP contribution < -0.4 is 4.90 Å². The second-order valence-corrected chi connectivity index (χ2v) is 12.0. The van der Waals surface area contributed by atoms with Crippen molar-refractivity contribution in [2.24, 2.45) is 17.8 Å². The number of non-ortho nitro benzene ring substituents is 1. The number of nitro groups is 1. The lowest BCUT2D eigenvalue weighted by molar-refractivity contribution is -0.384. The SMILES string of the molecule is CCCC1=C2[C@@H](CC/C(=C/c3cc(C)c(O)c(C)c3)CCC)OC[C@@H]2[C@@H]2C(=O)N(c3cccc([N+](=O)[O-])c3)C(=O)[C@@H]2C1. The summed E-state index contributed by atoms with van der Waals surface area (Å²) in [6.07, 6.45) is 8.09. The highest BCUT2D eigenvalue weighted by Gasteiger charge is 2.57. The third kappa shape index (κ3) is 5.52. The molecule has 222 valence electrons. The molecule has 0 saturated carbocycles. The normalized spacial score (nSPS) is 23.9. The molecule has 4 atom stereocenters. The summed E-state index contributed by atoms with van der Waals surface area (Å²) in [6, 6.07) is 9.80. The van der Waals surface area contributed by atoms with Crippen molar-refractivity contribution < 1.29 is 24.4 Å². The first-order chi connectivity index (χ1) is 20.1. The van der Waals surface area contributed by atoms with E-state index in [1.54, 1.807) is 6.07 Å². The van der Waals surface area contributed by atoms with Crippen molar-refractivity contribution in [2.75, 3.05) is 11.5 Å². The monoisotopic (exact) mass is 572 g/mol. The molecule has 1 aliphatic carbocycles. The molecule has 0 radical (unpaired) electrons. The predicted octanol–water partition coefficient (Wildman–Crippen LogP) is 7.20. The summed E-state index contributed by atoms with van der Waals surface area (Å²) >= 11 is 0. The van der Waals surface area contributed by atoms with Crippen LogP contribution in [0.4, 0.5) is 11.4 Å². The molecule has 2 amide bonds. The van der Waals surface area contributed by atoms with Crippen LogP contribution >= 0.6 is 0 Å². The van der Waals surface area contributed by atoms with Gasteiger partial charge in [0, 0.05) is 18.1 Å². The largest absolute Gasteiger partial charge is 0.507 e. The van der Waals surface area contributed by atoms with Gasteiger partial charge in [-0.3, -0.25) is 19.7 Å². The van der Waals surface area contributed by atoms with Crippen LogP contribution in [0.3, 0.4) is 0 Å². The van der Waals surface area contributed by atoms with Crippen LogP contribution in [0.25, 0.3) is 6.08 Å². The molecule has 8 heteroatoms. The molecule has 1 N–H and O–H groups in total. The molecular formula is C34H40N2O6. The van der Waals surface area contributed by atoms with Gasteiger partial charge in [0.15, 0.2) is 0 Å². The van der Waals surface area contributed by atoms with Crippen LogP contribution in [0, 0.1) is 41.7 Å². The molecule has 42 heavy (non-hydrogen) atoms. The number of anilines is 1. The Morgan fingerprint density at radius 2 is 1.81 bits per heavy atom. The average Bonchev–Trinajstić information content (AvgIpc) is 3.49. The number of carbonyl (C=O) groups excluding carboxylic acids is 2. The fourth-order valence-electron chi connectivity index (χ4n) is 7.23. The van der Waals surface area contributed by atoms with Gasteiger partial charge in [0.2, 0.25) is 11.8 Å². The maximum Gasteiger partial charge on any atom is 0.271 e. The molecule has 2 saturated heterocycles. The Kier molecular flexibility index (Phi) is 8.64. The van der Waals surface area contributed by atoms with Crippen molar-refractivity contribution in [1.29, 1.82) is 0 Å². The highest BCUT2D eigenvalue weighted by molar-refractivity contribution is 6.22. The smallest absolute Gasteiger partial charge is 0.271 e. The summed E-state index contributed by atoms with van der Waals surface area (Å²) in [5.74, 6) is -1.34. The Morgan fingerprint density at radius 3 is 2.48 bits per heavy atom. The second kappa shape index (κ2) is 12.2. The number of benzene rings is 2. The molecular weight excluding hydrogens is 532 g/mol. The molecule has 2 fully saturated rings. The van der Waals surface area contributed by atoms with E-state index < -0.39 is 16.8 Å². The third-order valence-corrected chi connectivity index (χ3v) is 9.04. The minimum atomic E-state index is -0.513. The fraction of sp³-hybridized carbons (Fsp3) is 0.471. The number of ether oxygens (including phenoxy) is 1. The van der Waals surface area contributed by atoms with Gasteiger partial charge in [-0.15, -0.1) is 0 Å². The van der Waals surface area contributed by atoms with Gasteiger partial charge in [-0.2, -0.15) is 0 Å². The van der Waals surface area contributed by atoms with Gasteiger partial charge < -0.3 is 9.84 Å². The predicted molar refractivity (Wildman–Crippen MR) is 162 cm³/mol. The Hall–Kier alpha value is -3.78. The number of allylic oxidation sites excluding steroid dienone is 2. The van der Waals surface area contributed by atoms with E-state index >= 15 is 0 Å². The molecule has 2 aromatic rings. The van der Waals surface area contributed by atoms with E-state index in [2.05, 4.69) is 19.9 Å². The number of nitrogens with zero attached hydrogens (tertiary/aromatic N) is 2. The number of phenolic OH excluding ortho intramolecular Hbond substituents is 1. The zero-order valence-corrected chi connectivity index (χ0v) is 24.9. The van der Waals surface area contributed by atoms with Crippen molar-refractivity contribution in [3.05, 3.63) is 79.9 Å². The van der Waals surface area contributed by atoms with Gasteiger partial charge in [0.25, 0.3) is 5.69 Å². The van der Waals surface area contributed by atoms with Gasteiger partial charge >= 0.3 is 0 Å². The number of nitro benzene ring substituents is 1. The maximum atomic E-state index is 13.8. The van der Waals surface area contributed by atoms with Gasteiger partial charge in [0.05, 0.1) is 35.2 Å². The number of aryl methyl sites for hydroxylation is 2. The Labute approximate surface area is 247 Å². The third-order valence-electron chi connectivity index (χ3n) is 9.04. The zero-order chi connectivity index (χ0) is 30.1. The molecule has 0 unspecified atom stereocenters. The number of phenols is 1. The first-order valence-corrected chi connectivity index (χ1v) is 15.1. The van der Waals surface area contributed by atoms with Crippen molar-refractivity contribution in [2.45, 2.75) is 78.7 Å². The molecule has 8 nitrogen and oxygen atoms in total. The van der Waals surface area contributed by atoms with Crippen molar-refractivity contribution in [3.63, 3.8) is 0 Å². The summed E-state index contributed by atoms with van der Waals surface area (Å²) in [5.41, 5.74) is 6.68. The Bertz CT molecular complexity index is 1450. The molecule has 2 aromatic carbocycles. The summed E-state index contributed by atoms with van der Waals surface area (Å²) in [7, 11) is 0. The number of amides is 2. The summed E-state index contributed by atoms with van der Waals surface area (Å²) in [5, 5.41) is 21.6. The van der Waals surface area contributed by atoms with E-state index in [0.717, 1.165) is 55.2 Å². The Balaban J connectivity index is 1.39. The number of hydrogen-bond donors (Lipinski definition) is 1. The van der Waals surface area contributed by atoms with E-state index in [1.807, 2.05) is 26.0 Å². The van der Waals surface area contributed by atoms with E-state index in [1.165, 1.54) is 39.8 Å². The summed E-state index contributed by atoms with van der Waals surface area (Å²) in [6.45, 7) is 8.53. The van der Waals surface area contributed by atoms with Crippen LogP contribution in [-0.2, 0) is 14.3 Å². The first-order valence-electron chi connectivity index (χ1n) is 15.1. The van der Waals surface area contributed by atoms with Gasteiger partial charge in [-0.1, -0.05) is 50.0 Å². The Morgan fingerprint density at radius 1 is 1.07 bits per heavy atom. The van der Waals surface area contributed by atoms with Crippen molar-refractivity contribution in [1.82, 2.24) is 0 Å². The number of imide groups is 1. The first kappa shape index (κ1) is 29.7. The lowest BCUT2D eigenvalue weighted by Crippen LogP contribution is -2.34. The van der Waals surface area contributed by atoms with Gasteiger partial charge in [0.1, 0.15) is 5.75 Å². The fourth-order valence-corrected chi connectivity index (χ4v) is 7.23. The van der Waals surface area contributed by atoms with E-state index in [-0.39, 0.29) is 35.2 Å². The quantitative estimate of drug-likeness (QED) is 0.140. The average molecular weight is 573 g/mol. The minimum absolute atomic E-state index is 0.101. The lowest BCUT2D eigenvalue weighted by Gasteiger charge is -2.32. The van der Waals surface area contributed by atoms with Gasteiger partial charge in [-0.05, 0) is 86.4 Å². The standard InChI is InChI=1S/C34H40N2O6/c1-5-8-22(16-23-14-20(3)32(37)21(4)15-23)12-13-29-30-24(9-6-2)17-27-31(28(30)19-42-29)34(39)35(33(27)38)25-10-7-11-26(18-25)36(40)41/h7,10-11,14-16,18,27-29,31,37H,5-6,8-9,12-13,17,19H2,1-4H3/b22-16+/t27-,28+,29-,31-/m1/s1. The van der Waals surface area contributed by atoms with E-state index in [9.17, 15) is 24.8 Å². The van der Waals surface area contributed by atoms with Crippen LogP contribution in [0.15, 0.2) is 53.1 Å². The van der Waals surface area contributed by atoms with E-state index in [4.69, 9.17) is 4.74 Å². The topological polar surface area (TPSA) is 110 Å². The van der Waals surface area contributed by atoms with Crippen LogP contribution in [0.2, 0.25) is 0 Å². The maximum absolute atomic E-state index is 13.8. The molecule has 2 aliphatic heterocycles. The number of hydrogen-bond acceptors (Lipinski definition) is 6. The highest BCUT2D eigenvalue weighted by Crippen LogP contribution is 2.51. The number of fused-ring (bicyclic) bond motifs is 3. The second-order valence-electron chi connectivity index (χ2n) is 12.0. The summed E-state index contributed by atoms with van der Waals surface area (Å²) < 4.78 is 6.40. The molecule has 5 rings (SSSR count). The highest BCUT2D eigenvalue weighted by atomic mass is 16.6. The van der Waals surface area contributed by atoms with Crippen LogP contribution in [0.1, 0.15) is 75.5 Å². The summed E-state index contributed by atoms with van der Waals surface area (Å²) in [4.78, 5) is 39.5. The van der Waals surface area contributed by atoms with Crippen LogP contribution in [0.5, 0.6) is 5.75 Å². The van der Waals surface area contributed by atoms with Gasteiger partial charge in [-0.25, -0.2) is 4.90 Å². The minimum Gasteiger partial charge on any atom is -0.507 e. The van der Waals surface area contributed by atoms with Crippen molar-refractivity contribution in [3.8, 4) is 5.75 Å². The number of rotatable bonds is 10. The van der Waals surface area contributed by atoms with E-state index in [0.29, 0.717) is 18.8 Å². The molecule has 2 heterocycles. The van der Waals surface area contributed by atoms with Crippen molar-refractivity contribution >= 4 is 29.3 Å². The lowest BCUT2D eigenvalue weighted by atomic mass is 9.68. The molecule has 3 aliphatic rings. The molecule has 0 bridgehead atoms. The molecule has 0 spiro atoms. The number of carbonyl (C=O) groups is 2. The number of aromatic hydroxyl groups is 1. The van der Waals surface area contributed by atoms with Crippen LogP contribution in [-0.4, -0.2) is 34.6 Å². The zero-order valence-electron chi connectivity index (χ0n) is 24.9. The molecule has 0 aromatic heterocycles.